The van der Waals surface area contributed by atoms with Gasteiger partial charge in [0.05, 0.1) is 6.42 Å². The molecule has 0 aromatic heterocycles. The van der Waals surface area contributed by atoms with Crippen molar-refractivity contribution in [3.05, 3.63) is 35.9 Å². The molecule has 2 rings (SSSR count). The molecule has 2 N–H and O–H groups in total. The Balaban J connectivity index is 1.67. The van der Waals surface area contributed by atoms with Crippen LogP contribution in [0.1, 0.15) is 63.4 Å². The molecule has 1 aromatic rings. The quantitative estimate of drug-likeness (QED) is 0.383. The summed E-state index contributed by atoms with van der Waals surface area (Å²) in [6, 6.07) is 9.43. The van der Waals surface area contributed by atoms with Gasteiger partial charge in [0.2, 0.25) is 5.91 Å². The number of piperidine rings is 1. The van der Waals surface area contributed by atoms with E-state index in [1.165, 1.54) is 0 Å². The summed E-state index contributed by atoms with van der Waals surface area (Å²) in [5.74, 6) is -2.18. The Labute approximate surface area is 182 Å². The van der Waals surface area contributed by atoms with Gasteiger partial charge in [0.15, 0.2) is 0 Å². The van der Waals surface area contributed by atoms with Gasteiger partial charge in [-0.3, -0.25) is 19.2 Å². The highest BCUT2D eigenvalue weighted by atomic mass is 16.5. The molecule has 170 valence electrons. The summed E-state index contributed by atoms with van der Waals surface area (Å²) in [7, 11) is 0. The number of likely N-dealkylation sites (tertiary alicyclic amines) is 1. The van der Waals surface area contributed by atoms with E-state index < -0.39 is 17.4 Å². The van der Waals surface area contributed by atoms with Crippen molar-refractivity contribution in [1.29, 1.82) is 0 Å². The molecule has 0 bridgehead atoms. The molecule has 0 atom stereocenters. The number of amides is 1. The van der Waals surface area contributed by atoms with E-state index in [0.717, 1.165) is 5.56 Å². The molecule has 1 aromatic carbocycles. The van der Waals surface area contributed by atoms with Crippen LogP contribution in [0.5, 0.6) is 0 Å². The summed E-state index contributed by atoms with van der Waals surface area (Å²) in [4.78, 5) is 48.1. The number of rotatable bonds is 12. The predicted molar refractivity (Wildman–Crippen MR) is 112 cm³/mol. The molecule has 0 aliphatic carbocycles. The van der Waals surface area contributed by atoms with Gasteiger partial charge in [-0.2, -0.15) is 0 Å². The molecule has 0 spiro atoms. The minimum atomic E-state index is -0.940. The number of carbonyl (C=O) groups is 4. The van der Waals surface area contributed by atoms with E-state index >= 15 is 0 Å². The number of aliphatic carboxylic acids is 2. The van der Waals surface area contributed by atoms with E-state index in [1.54, 1.807) is 4.90 Å². The number of nitrogens with zero attached hydrogens (tertiary/aromatic N) is 1. The van der Waals surface area contributed by atoms with Crippen LogP contribution in [0.4, 0.5) is 0 Å². The van der Waals surface area contributed by atoms with E-state index in [1.807, 2.05) is 30.3 Å². The Morgan fingerprint density at radius 1 is 0.903 bits per heavy atom. The monoisotopic (exact) mass is 433 g/mol. The Hall–Kier alpha value is -2.90. The van der Waals surface area contributed by atoms with Crippen molar-refractivity contribution < 1.29 is 34.1 Å². The zero-order chi connectivity index (χ0) is 22.7. The second-order valence-corrected chi connectivity index (χ2v) is 8.20. The van der Waals surface area contributed by atoms with Crippen LogP contribution < -0.4 is 0 Å². The maximum absolute atomic E-state index is 12.5. The maximum Gasteiger partial charge on any atom is 0.306 e. The van der Waals surface area contributed by atoms with Crippen LogP contribution in [0, 0.1) is 5.41 Å². The molecule has 1 amide bonds. The predicted octanol–water partition coefficient (Wildman–Crippen LogP) is 3.24. The lowest BCUT2D eigenvalue weighted by atomic mass is 9.72. The highest BCUT2D eigenvalue weighted by Crippen LogP contribution is 2.39. The fraction of sp³-hybridized carbons (Fsp3) is 0.565. The lowest BCUT2D eigenvalue weighted by Crippen LogP contribution is -2.44. The third kappa shape index (κ3) is 8.78. The molecule has 1 aliphatic rings. The third-order valence-corrected chi connectivity index (χ3v) is 5.84. The van der Waals surface area contributed by atoms with Gasteiger partial charge < -0.3 is 19.8 Å². The van der Waals surface area contributed by atoms with Crippen molar-refractivity contribution in [2.24, 2.45) is 5.41 Å². The first-order valence-corrected chi connectivity index (χ1v) is 10.7. The largest absolute Gasteiger partial charge is 0.481 e. The van der Waals surface area contributed by atoms with Crippen LogP contribution in [0.3, 0.4) is 0 Å². The van der Waals surface area contributed by atoms with Gasteiger partial charge in [0.25, 0.3) is 0 Å². The normalized spacial score (nSPS) is 15.3. The van der Waals surface area contributed by atoms with E-state index in [2.05, 4.69) is 0 Å². The Kier molecular flexibility index (Phi) is 9.49. The first kappa shape index (κ1) is 24.4. The highest BCUT2D eigenvalue weighted by molar-refractivity contribution is 5.76. The van der Waals surface area contributed by atoms with Crippen molar-refractivity contribution in [2.75, 3.05) is 13.1 Å². The van der Waals surface area contributed by atoms with Gasteiger partial charge in [-0.25, -0.2) is 0 Å². The van der Waals surface area contributed by atoms with Crippen LogP contribution in [0.15, 0.2) is 30.3 Å². The van der Waals surface area contributed by atoms with Gasteiger partial charge >= 0.3 is 17.9 Å². The Bertz CT molecular complexity index is 754. The molecule has 31 heavy (non-hydrogen) atoms. The van der Waals surface area contributed by atoms with Crippen molar-refractivity contribution in [2.45, 2.75) is 64.4 Å². The number of carboxylic acids is 2. The number of esters is 1. The summed E-state index contributed by atoms with van der Waals surface area (Å²) >= 11 is 0. The fourth-order valence-electron chi connectivity index (χ4n) is 3.95. The summed E-state index contributed by atoms with van der Waals surface area (Å²) in [6.07, 6.45) is 2.87. The molecule has 0 radical (unpaired) electrons. The number of carboxylic acid groups (broad SMARTS) is 2. The molecule has 1 saturated heterocycles. The van der Waals surface area contributed by atoms with Gasteiger partial charge in [0, 0.05) is 32.4 Å². The highest BCUT2D eigenvalue weighted by Gasteiger charge is 2.37. The summed E-state index contributed by atoms with van der Waals surface area (Å²) in [6.45, 7) is 1.11. The zero-order valence-electron chi connectivity index (χ0n) is 17.8. The van der Waals surface area contributed by atoms with Gasteiger partial charge in [0.1, 0.15) is 6.61 Å². The number of hydrogen-bond donors (Lipinski definition) is 2. The number of carbonyl (C=O) groups excluding carboxylic acids is 2. The average Bonchev–Trinajstić information content (AvgIpc) is 2.74. The standard InChI is InChI=1S/C23H31NO7/c25-19(8-4-5-9-22(30)31-17-18-6-2-1-3-7-18)24-14-12-23(13-15-24,16-21(28)29)11-10-20(26)27/h1-3,6-7H,4-5,8-17H2,(H,26,27)(H,28,29). The molecular weight excluding hydrogens is 402 g/mol. The smallest absolute Gasteiger partial charge is 0.306 e. The third-order valence-electron chi connectivity index (χ3n) is 5.84. The summed E-state index contributed by atoms with van der Waals surface area (Å²) in [5.41, 5.74) is 0.363. The molecule has 1 heterocycles. The van der Waals surface area contributed by atoms with Gasteiger partial charge in [-0.05, 0) is 43.1 Å². The second kappa shape index (κ2) is 12.1. The molecule has 0 saturated carbocycles. The maximum atomic E-state index is 12.5. The van der Waals surface area contributed by atoms with Crippen molar-refractivity contribution in [3.63, 3.8) is 0 Å². The van der Waals surface area contributed by atoms with Crippen LogP contribution in [-0.4, -0.2) is 52.0 Å². The summed E-state index contributed by atoms with van der Waals surface area (Å²) in [5, 5.41) is 18.1. The number of hydrogen-bond acceptors (Lipinski definition) is 5. The minimum absolute atomic E-state index is 0.0141. The van der Waals surface area contributed by atoms with Crippen LogP contribution >= 0.6 is 0 Å². The van der Waals surface area contributed by atoms with Crippen molar-refractivity contribution in [3.8, 4) is 0 Å². The first-order chi connectivity index (χ1) is 14.8. The topological polar surface area (TPSA) is 121 Å². The SMILES string of the molecule is O=C(O)CCC1(CC(=O)O)CCN(C(=O)CCCCC(=O)OCc2ccccc2)CC1. The molecule has 1 fully saturated rings. The van der Waals surface area contributed by atoms with Gasteiger partial charge in [-0.1, -0.05) is 30.3 Å². The number of unbranched alkanes of at least 4 members (excludes halogenated alkanes) is 1. The Morgan fingerprint density at radius 2 is 1.55 bits per heavy atom. The van der Waals surface area contributed by atoms with E-state index in [0.29, 0.717) is 51.6 Å². The molecular formula is C23H31NO7. The van der Waals surface area contributed by atoms with Crippen molar-refractivity contribution in [1.82, 2.24) is 4.90 Å². The molecule has 1 aliphatic heterocycles. The van der Waals surface area contributed by atoms with E-state index in [-0.39, 0.29) is 37.7 Å². The van der Waals surface area contributed by atoms with E-state index in [4.69, 9.17) is 9.84 Å². The molecule has 8 nitrogen and oxygen atoms in total. The van der Waals surface area contributed by atoms with Crippen molar-refractivity contribution >= 4 is 23.8 Å². The lowest BCUT2D eigenvalue weighted by Gasteiger charge is -2.41. The number of benzene rings is 1. The first-order valence-electron chi connectivity index (χ1n) is 10.7. The Morgan fingerprint density at radius 3 is 2.16 bits per heavy atom. The summed E-state index contributed by atoms with van der Waals surface area (Å²) < 4.78 is 5.22. The van der Waals surface area contributed by atoms with Gasteiger partial charge in [-0.15, -0.1) is 0 Å². The van der Waals surface area contributed by atoms with Crippen LogP contribution in [-0.2, 0) is 30.5 Å². The zero-order valence-corrected chi connectivity index (χ0v) is 17.8. The minimum Gasteiger partial charge on any atom is -0.481 e. The lowest BCUT2D eigenvalue weighted by molar-refractivity contribution is -0.146. The fourth-order valence-corrected chi connectivity index (χ4v) is 3.95. The molecule has 0 unspecified atom stereocenters. The van der Waals surface area contributed by atoms with Crippen LogP contribution in [0.25, 0.3) is 0 Å². The number of ether oxygens (including phenoxy) is 1. The average molecular weight is 434 g/mol. The van der Waals surface area contributed by atoms with E-state index in [9.17, 15) is 24.3 Å². The molecule has 8 heteroatoms. The van der Waals surface area contributed by atoms with Crippen LogP contribution in [0.2, 0.25) is 0 Å². The second-order valence-electron chi connectivity index (χ2n) is 8.20.